The fourth-order valence-corrected chi connectivity index (χ4v) is 9.44. The first-order valence-electron chi connectivity index (χ1n) is 13.8. The van der Waals surface area contributed by atoms with Crippen LogP contribution < -0.4 is 0 Å². The highest BCUT2D eigenvalue weighted by Gasteiger charge is 2.67. The van der Waals surface area contributed by atoms with Gasteiger partial charge in [0.2, 0.25) is 0 Å². The minimum absolute atomic E-state index is 0.000193. The van der Waals surface area contributed by atoms with Gasteiger partial charge < -0.3 is 20.4 Å². The average Bonchev–Trinajstić information content (AvgIpc) is 3.00. The Kier molecular flexibility index (Phi) is 6.90. The minimum Gasteiger partial charge on any atom is -0.481 e. The van der Waals surface area contributed by atoms with Crippen LogP contribution in [0, 0.1) is 39.4 Å². The summed E-state index contributed by atoms with van der Waals surface area (Å²) in [6.45, 7) is 13.2. The van der Waals surface area contributed by atoms with Crippen LogP contribution in [-0.2, 0) is 4.79 Å². The Morgan fingerprint density at radius 2 is 1.71 bits per heavy atom. The molecular formula is C30H48O5. The number of fused-ring (bicyclic) bond motifs is 4. The van der Waals surface area contributed by atoms with Crippen LogP contribution in [0.15, 0.2) is 22.8 Å². The van der Waals surface area contributed by atoms with Crippen molar-refractivity contribution in [2.24, 2.45) is 39.4 Å². The molecule has 0 spiro atoms. The van der Waals surface area contributed by atoms with Crippen molar-refractivity contribution >= 4 is 5.97 Å². The smallest absolute Gasteiger partial charge is 0.306 e. The SMILES string of the molecule is C/C(=C/CC[C@@H](C(=O)O)[C@H]1C[C@H](O)[C@@]2(C)C3=C(CC[C@]12C)[C@@]1(C)CC[C@H](O)C(C)(C)[C@@H]1CC3)CO. The molecule has 5 nitrogen and oxygen atoms in total. The largest absolute Gasteiger partial charge is 0.481 e. The number of rotatable bonds is 6. The summed E-state index contributed by atoms with van der Waals surface area (Å²) in [5.74, 6) is -0.918. The van der Waals surface area contributed by atoms with Gasteiger partial charge in [0.15, 0.2) is 0 Å². The van der Waals surface area contributed by atoms with Crippen molar-refractivity contribution in [1.82, 2.24) is 0 Å². The molecule has 8 atom stereocenters. The van der Waals surface area contributed by atoms with Gasteiger partial charge in [-0.05, 0) is 92.8 Å². The lowest BCUT2D eigenvalue weighted by atomic mass is 9.43. The Morgan fingerprint density at radius 1 is 1.03 bits per heavy atom. The van der Waals surface area contributed by atoms with E-state index in [1.807, 2.05) is 13.0 Å². The second-order valence-corrected chi connectivity index (χ2v) is 13.6. The monoisotopic (exact) mass is 488 g/mol. The molecule has 0 unspecified atom stereocenters. The molecule has 198 valence electrons. The Balaban J connectivity index is 1.71. The Morgan fingerprint density at radius 3 is 2.34 bits per heavy atom. The molecule has 0 saturated heterocycles. The van der Waals surface area contributed by atoms with Gasteiger partial charge in [-0.2, -0.15) is 0 Å². The molecule has 0 heterocycles. The first-order valence-corrected chi connectivity index (χ1v) is 13.8. The second-order valence-electron chi connectivity index (χ2n) is 13.6. The van der Waals surface area contributed by atoms with E-state index in [4.69, 9.17) is 0 Å². The highest BCUT2D eigenvalue weighted by Crippen LogP contribution is 2.72. The lowest BCUT2D eigenvalue weighted by Gasteiger charge is -2.62. The molecule has 0 amide bonds. The number of allylic oxidation sites excluding steroid dienone is 2. The maximum atomic E-state index is 12.5. The van der Waals surface area contributed by atoms with Gasteiger partial charge in [-0.25, -0.2) is 0 Å². The third-order valence-electron chi connectivity index (χ3n) is 11.9. The maximum Gasteiger partial charge on any atom is 0.306 e. The van der Waals surface area contributed by atoms with Crippen LogP contribution in [0.3, 0.4) is 0 Å². The Hall–Kier alpha value is -1.17. The quantitative estimate of drug-likeness (QED) is 0.371. The van der Waals surface area contributed by atoms with E-state index in [1.54, 1.807) is 0 Å². The number of hydrogen-bond acceptors (Lipinski definition) is 4. The van der Waals surface area contributed by atoms with Crippen LogP contribution >= 0.6 is 0 Å². The number of carboxylic acids is 1. The van der Waals surface area contributed by atoms with Gasteiger partial charge in [-0.15, -0.1) is 0 Å². The molecule has 35 heavy (non-hydrogen) atoms. The van der Waals surface area contributed by atoms with Crippen LogP contribution in [0.25, 0.3) is 0 Å². The normalized spacial score (nSPS) is 43.9. The third-order valence-corrected chi connectivity index (χ3v) is 11.9. The van der Waals surface area contributed by atoms with Crippen molar-refractivity contribution in [1.29, 1.82) is 0 Å². The van der Waals surface area contributed by atoms with E-state index >= 15 is 0 Å². The molecule has 0 aromatic carbocycles. The number of hydrogen-bond donors (Lipinski definition) is 4. The van der Waals surface area contributed by atoms with E-state index in [1.165, 1.54) is 11.1 Å². The molecule has 4 aliphatic carbocycles. The first-order chi connectivity index (χ1) is 16.2. The van der Waals surface area contributed by atoms with E-state index in [0.29, 0.717) is 25.2 Å². The van der Waals surface area contributed by atoms with Crippen molar-refractivity contribution in [2.75, 3.05) is 6.61 Å². The summed E-state index contributed by atoms with van der Waals surface area (Å²) < 4.78 is 0. The van der Waals surface area contributed by atoms with Gasteiger partial charge in [0.05, 0.1) is 24.7 Å². The molecule has 4 N–H and O–H groups in total. The molecule has 4 rings (SSSR count). The van der Waals surface area contributed by atoms with Crippen LogP contribution in [0.2, 0.25) is 0 Å². The predicted octanol–water partition coefficient (Wildman–Crippen LogP) is 5.49. The standard InChI is InChI=1S/C30H48O5/c1-18(17-31)8-7-9-19(26(34)35)22-16-25(33)30(6)21-10-11-23-27(2,3)24(32)13-14-28(23,4)20(21)12-15-29(22,30)5/h8,19,22-25,31-33H,7,9-17H2,1-6H3,(H,34,35)/b18-8-/t19-,22-,23+,24+,25+,28-,29-,30-/m1/s1. The summed E-state index contributed by atoms with van der Waals surface area (Å²) in [5, 5.41) is 42.0. The van der Waals surface area contributed by atoms with Gasteiger partial charge in [0.1, 0.15) is 0 Å². The van der Waals surface area contributed by atoms with Gasteiger partial charge in [0.25, 0.3) is 0 Å². The number of aliphatic hydroxyl groups is 3. The van der Waals surface area contributed by atoms with Crippen LogP contribution in [0.4, 0.5) is 0 Å². The van der Waals surface area contributed by atoms with E-state index in [9.17, 15) is 25.2 Å². The number of carbonyl (C=O) groups is 1. The summed E-state index contributed by atoms with van der Waals surface area (Å²) in [6.07, 6.45) is 8.49. The zero-order valence-corrected chi connectivity index (χ0v) is 22.7. The molecule has 0 aromatic rings. The second kappa shape index (κ2) is 8.99. The van der Waals surface area contributed by atoms with Gasteiger partial charge in [-0.1, -0.05) is 57.4 Å². The predicted molar refractivity (Wildman–Crippen MR) is 138 cm³/mol. The minimum atomic E-state index is -0.763. The topological polar surface area (TPSA) is 98.0 Å². The van der Waals surface area contributed by atoms with Crippen molar-refractivity contribution in [3.8, 4) is 0 Å². The summed E-state index contributed by atoms with van der Waals surface area (Å²) in [4.78, 5) is 12.5. The molecular weight excluding hydrogens is 440 g/mol. The fraction of sp³-hybridized carbons (Fsp3) is 0.833. The number of aliphatic carboxylic acids is 1. The zero-order valence-electron chi connectivity index (χ0n) is 22.7. The van der Waals surface area contributed by atoms with Crippen LogP contribution in [-0.4, -0.2) is 45.2 Å². The number of carboxylic acid groups (broad SMARTS) is 1. The molecule has 0 bridgehead atoms. The summed E-state index contributed by atoms with van der Waals surface area (Å²) in [5.41, 5.74) is 3.03. The molecule has 0 radical (unpaired) electrons. The average molecular weight is 489 g/mol. The van der Waals surface area contributed by atoms with Crippen molar-refractivity contribution in [3.05, 3.63) is 22.8 Å². The van der Waals surface area contributed by atoms with Crippen molar-refractivity contribution < 1.29 is 25.2 Å². The third kappa shape index (κ3) is 3.78. The van der Waals surface area contributed by atoms with Gasteiger partial charge >= 0.3 is 5.97 Å². The lowest BCUT2D eigenvalue weighted by Crippen LogP contribution is -2.56. The fourth-order valence-electron chi connectivity index (χ4n) is 9.44. The van der Waals surface area contributed by atoms with E-state index in [0.717, 1.165) is 44.1 Å². The zero-order chi connectivity index (χ0) is 26.0. The van der Waals surface area contributed by atoms with Crippen molar-refractivity contribution in [2.45, 2.75) is 112 Å². The summed E-state index contributed by atoms with van der Waals surface area (Å²) >= 11 is 0. The first kappa shape index (κ1) is 26.9. The molecule has 4 aliphatic rings. The molecule has 2 saturated carbocycles. The van der Waals surface area contributed by atoms with Crippen LogP contribution in [0.5, 0.6) is 0 Å². The lowest BCUT2D eigenvalue weighted by molar-refractivity contribution is -0.147. The van der Waals surface area contributed by atoms with Crippen molar-refractivity contribution in [3.63, 3.8) is 0 Å². The maximum absolute atomic E-state index is 12.5. The number of aliphatic hydroxyl groups excluding tert-OH is 3. The molecule has 0 aromatic heterocycles. The van der Waals surface area contributed by atoms with Gasteiger partial charge in [-0.3, -0.25) is 4.79 Å². The highest BCUT2D eigenvalue weighted by atomic mass is 16.4. The van der Waals surface area contributed by atoms with E-state index in [-0.39, 0.29) is 34.9 Å². The van der Waals surface area contributed by atoms with Gasteiger partial charge in [0, 0.05) is 5.41 Å². The summed E-state index contributed by atoms with van der Waals surface area (Å²) in [7, 11) is 0. The molecule has 2 fully saturated rings. The Labute approximate surface area is 211 Å². The van der Waals surface area contributed by atoms with Crippen LogP contribution in [0.1, 0.15) is 99.3 Å². The Bertz CT molecular complexity index is 918. The molecule has 0 aliphatic heterocycles. The van der Waals surface area contributed by atoms with E-state index < -0.39 is 23.4 Å². The summed E-state index contributed by atoms with van der Waals surface area (Å²) in [6, 6.07) is 0. The highest BCUT2D eigenvalue weighted by molar-refractivity contribution is 5.71. The van der Waals surface area contributed by atoms with E-state index in [2.05, 4.69) is 34.6 Å². The molecule has 5 heteroatoms.